The summed E-state index contributed by atoms with van der Waals surface area (Å²) in [6.45, 7) is 1.48. The van der Waals surface area contributed by atoms with E-state index in [1.807, 2.05) is 31.1 Å². The molecule has 0 saturated carbocycles. The summed E-state index contributed by atoms with van der Waals surface area (Å²) in [6.07, 6.45) is 3.29. The number of hydrogen-bond acceptors (Lipinski definition) is 2. The molecule has 0 aliphatic carbocycles. The quantitative estimate of drug-likeness (QED) is 0.844. The molecule has 100 valence electrons. The largest absolute Gasteiger partial charge is 0.351 e. The molecule has 0 aromatic heterocycles. The Labute approximate surface area is 119 Å². The maximum atomic E-state index is 11.4. The molecule has 0 saturated heterocycles. The van der Waals surface area contributed by atoms with Gasteiger partial charge in [-0.15, -0.1) is 12.4 Å². The molecule has 5 heteroatoms. The highest BCUT2D eigenvalue weighted by Crippen LogP contribution is 2.10. The van der Waals surface area contributed by atoms with Crippen molar-refractivity contribution in [1.82, 2.24) is 10.2 Å². The summed E-state index contributed by atoms with van der Waals surface area (Å²) in [5, 5.41) is 3.49. The van der Waals surface area contributed by atoms with Crippen molar-refractivity contribution in [3.8, 4) is 0 Å². The molecule has 0 aliphatic rings. The fourth-order valence-electron chi connectivity index (χ4n) is 1.21. The first-order valence-electron chi connectivity index (χ1n) is 5.44. The van der Waals surface area contributed by atoms with Crippen LogP contribution in [0.2, 0.25) is 5.02 Å². The molecule has 0 spiro atoms. The molecule has 0 bridgehead atoms. The van der Waals surface area contributed by atoms with Gasteiger partial charge in [-0.3, -0.25) is 4.79 Å². The van der Waals surface area contributed by atoms with Crippen LogP contribution in [0.3, 0.4) is 0 Å². The van der Waals surface area contributed by atoms with Crippen LogP contribution in [0.1, 0.15) is 5.56 Å². The number of benzene rings is 1. The summed E-state index contributed by atoms with van der Waals surface area (Å²) in [7, 11) is 3.94. The summed E-state index contributed by atoms with van der Waals surface area (Å²) >= 11 is 5.76. The highest BCUT2D eigenvalue weighted by Gasteiger charge is 1.95. The van der Waals surface area contributed by atoms with Crippen LogP contribution in [0.15, 0.2) is 30.3 Å². The Morgan fingerprint density at radius 1 is 1.33 bits per heavy atom. The van der Waals surface area contributed by atoms with Crippen LogP contribution in [0, 0.1) is 0 Å². The number of amides is 1. The molecule has 3 nitrogen and oxygen atoms in total. The number of carbonyl (C=O) groups is 1. The van der Waals surface area contributed by atoms with E-state index in [1.54, 1.807) is 18.2 Å². The SMILES string of the molecule is CN(C)CCNC(=O)/C=C/c1ccc(Cl)cc1.Cl. The fourth-order valence-corrected chi connectivity index (χ4v) is 1.33. The van der Waals surface area contributed by atoms with Crippen molar-refractivity contribution >= 4 is 36.0 Å². The predicted molar refractivity (Wildman–Crippen MR) is 79.3 cm³/mol. The fraction of sp³-hybridized carbons (Fsp3) is 0.308. The number of nitrogens with one attached hydrogen (secondary N) is 1. The van der Waals surface area contributed by atoms with Crippen LogP contribution in [-0.4, -0.2) is 38.0 Å². The van der Waals surface area contributed by atoms with Crippen LogP contribution in [-0.2, 0) is 4.79 Å². The Morgan fingerprint density at radius 2 is 1.94 bits per heavy atom. The van der Waals surface area contributed by atoms with E-state index in [1.165, 1.54) is 6.08 Å². The minimum absolute atomic E-state index is 0. The molecule has 18 heavy (non-hydrogen) atoms. The average Bonchev–Trinajstić information content (AvgIpc) is 2.28. The summed E-state index contributed by atoms with van der Waals surface area (Å²) in [4.78, 5) is 13.4. The van der Waals surface area contributed by atoms with Crippen LogP contribution in [0.5, 0.6) is 0 Å². The van der Waals surface area contributed by atoms with Gasteiger partial charge in [-0.25, -0.2) is 0 Å². The van der Waals surface area contributed by atoms with Crippen molar-refractivity contribution in [3.05, 3.63) is 40.9 Å². The molecular weight excluding hydrogens is 271 g/mol. The zero-order chi connectivity index (χ0) is 12.7. The van der Waals surface area contributed by atoms with Gasteiger partial charge in [0.1, 0.15) is 0 Å². The number of rotatable bonds is 5. The Balaban J connectivity index is 0.00000289. The van der Waals surface area contributed by atoms with Gasteiger partial charge in [0.25, 0.3) is 0 Å². The van der Waals surface area contributed by atoms with Gasteiger partial charge in [0.15, 0.2) is 0 Å². The highest BCUT2D eigenvalue weighted by atomic mass is 35.5. The number of hydrogen-bond donors (Lipinski definition) is 1. The second-order valence-corrected chi connectivity index (χ2v) is 4.42. The molecule has 0 aliphatic heterocycles. The van der Waals surface area contributed by atoms with Gasteiger partial charge in [-0.1, -0.05) is 23.7 Å². The molecule has 1 N–H and O–H groups in total. The van der Waals surface area contributed by atoms with Gasteiger partial charge in [-0.2, -0.15) is 0 Å². The monoisotopic (exact) mass is 288 g/mol. The Kier molecular flexibility index (Phi) is 8.46. The summed E-state index contributed by atoms with van der Waals surface area (Å²) in [5.41, 5.74) is 0.956. The van der Waals surface area contributed by atoms with Gasteiger partial charge < -0.3 is 10.2 Å². The third kappa shape index (κ3) is 7.33. The summed E-state index contributed by atoms with van der Waals surface area (Å²) in [5.74, 6) is -0.0817. The van der Waals surface area contributed by atoms with Crippen molar-refractivity contribution < 1.29 is 4.79 Å². The summed E-state index contributed by atoms with van der Waals surface area (Å²) < 4.78 is 0. The molecule has 1 aromatic carbocycles. The van der Waals surface area contributed by atoms with Gasteiger partial charge >= 0.3 is 0 Å². The van der Waals surface area contributed by atoms with Crippen molar-refractivity contribution in [1.29, 1.82) is 0 Å². The third-order valence-corrected chi connectivity index (χ3v) is 2.41. The van der Waals surface area contributed by atoms with E-state index in [0.29, 0.717) is 11.6 Å². The molecule has 1 rings (SSSR count). The van der Waals surface area contributed by atoms with E-state index in [2.05, 4.69) is 5.32 Å². The van der Waals surface area contributed by atoms with Crippen molar-refractivity contribution in [2.75, 3.05) is 27.2 Å². The van der Waals surface area contributed by atoms with Crippen LogP contribution in [0.4, 0.5) is 0 Å². The van der Waals surface area contributed by atoms with E-state index in [0.717, 1.165) is 12.1 Å². The normalized spacial score (nSPS) is 10.4. The average molecular weight is 289 g/mol. The zero-order valence-corrected chi connectivity index (χ0v) is 12.1. The molecule has 0 fully saturated rings. The van der Waals surface area contributed by atoms with Gasteiger partial charge in [0.05, 0.1) is 0 Å². The second-order valence-electron chi connectivity index (χ2n) is 3.98. The van der Waals surface area contributed by atoms with Crippen LogP contribution < -0.4 is 5.32 Å². The topological polar surface area (TPSA) is 32.3 Å². The standard InChI is InChI=1S/C13H17ClN2O.ClH/c1-16(2)10-9-15-13(17)8-5-11-3-6-12(14)7-4-11;/h3-8H,9-10H2,1-2H3,(H,15,17);1H/b8-5+;. The highest BCUT2D eigenvalue weighted by molar-refractivity contribution is 6.30. The minimum Gasteiger partial charge on any atom is -0.351 e. The molecule has 1 aromatic rings. The lowest BCUT2D eigenvalue weighted by molar-refractivity contribution is -0.116. The Hall–Kier alpha value is -1.03. The summed E-state index contributed by atoms with van der Waals surface area (Å²) in [6, 6.07) is 7.33. The van der Waals surface area contributed by atoms with Gasteiger partial charge in [0.2, 0.25) is 5.91 Å². The maximum absolute atomic E-state index is 11.4. The number of carbonyl (C=O) groups excluding carboxylic acids is 1. The number of likely N-dealkylation sites (N-methyl/N-ethyl adjacent to an activating group) is 1. The number of halogens is 2. The Bertz CT molecular complexity index is 388. The predicted octanol–water partition coefficient (Wildman–Crippen LogP) is 2.45. The second kappa shape index (κ2) is 8.97. The lowest BCUT2D eigenvalue weighted by Gasteiger charge is -2.08. The molecule has 0 heterocycles. The van der Waals surface area contributed by atoms with E-state index in [-0.39, 0.29) is 18.3 Å². The lowest BCUT2D eigenvalue weighted by Crippen LogP contribution is -2.30. The smallest absolute Gasteiger partial charge is 0.244 e. The lowest BCUT2D eigenvalue weighted by atomic mass is 10.2. The Morgan fingerprint density at radius 3 is 2.50 bits per heavy atom. The molecule has 0 unspecified atom stereocenters. The van der Waals surface area contributed by atoms with Crippen molar-refractivity contribution in [2.24, 2.45) is 0 Å². The van der Waals surface area contributed by atoms with Crippen molar-refractivity contribution in [2.45, 2.75) is 0 Å². The molecular formula is C13H18Cl2N2O. The molecule has 1 amide bonds. The van der Waals surface area contributed by atoms with E-state index >= 15 is 0 Å². The van der Waals surface area contributed by atoms with Crippen LogP contribution >= 0.6 is 24.0 Å². The maximum Gasteiger partial charge on any atom is 0.244 e. The molecule has 0 atom stereocenters. The number of nitrogens with zero attached hydrogens (tertiary/aromatic N) is 1. The zero-order valence-electron chi connectivity index (χ0n) is 10.5. The van der Waals surface area contributed by atoms with Gasteiger partial charge in [-0.05, 0) is 37.9 Å². The van der Waals surface area contributed by atoms with E-state index in [4.69, 9.17) is 11.6 Å². The third-order valence-electron chi connectivity index (χ3n) is 2.16. The first-order valence-corrected chi connectivity index (χ1v) is 5.82. The van der Waals surface area contributed by atoms with E-state index < -0.39 is 0 Å². The van der Waals surface area contributed by atoms with Gasteiger partial charge in [0, 0.05) is 24.2 Å². The van der Waals surface area contributed by atoms with E-state index in [9.17, 15) is 4.79 Å². The van der Waals surface area contributed by atoms with Crippen molar-refractivity contribution in [3.63, 3.8) is 0 Å². The molecule has 0 radical (unpaired) electrons. The first-order chi connectivity index (χ1) is 8.08. The minimum atomic E-state index is -0.0817. The van der Waals surface area contributed by atoms with Crippen LogP contribution in [0.25, 0.3) is 6.08 Å². The first kappa shape index (κ1) is 17.0.